The van der Waals surface area contributed by atoms with E-state index in [-0.39, 0.29) is 12.3 Å². The minimum absolute atomic E-state index is 0.219. The summed E-state index contributed by atoms with van der Waals surface area (Å²) >= 11 is 1.76. The van der Waals surface area contributed by atoms with Gasteiger partial charge in [0.05, 0.1) is 0 Å². The van der Waals surface area contributed by atoms with Crippen LogP contribution in [0.5, 0.6) is 0 Å². The first-order chi connectivity index (χ1) is 9.93. The number of methoxy groups -OCH3 is 1. The standard InChI is InChI=1S/C15H23NO4S/c1-10-9-12(11(2)21-10)5-4-6-14(17)16-13(15(18)19)7-8-20-3/h9,13H,4-8H2,1-3H3,(H,16,17)(H,18,19). The number of carboxylic acids is 1. The second-order valence-electron chi connectivity index (χ2n) is 5.03. The number of aryl methyl sites for hydroxylation is 3. The summed E-state index contributed by atoms with van der Waals surface area (Å²) in [6.07, 6.45) is 2.18. The molecular weight excluding hydrogens is 290 g/mol. The third kappa shape index (κ3) is 6.27. The van der Waals surface area contributed by atoms with E-state index >= 15 is 0 Å². The lowest BCUT2D eigenvalue weighted by Gasteiger charge is -2.13. The van der Waals surface area contributed by atoms with Crippen molar-refractivity contribution in [1.82, 2.24) is 5.32 Å². The summed E-state index contributed by atoms with van der Waals surface area (Å²) in [6, 6.07) is 1.28. The summed E-state index contributed by atoms with van der Waals surface area (Å²) in [5, 5.41) is 11.6. The number of carbonyl (C=O) groups excluding carboxylic acids is 1. The monoisotopic (exact) mass is 313 g/mol. The highest BCUT2D eigenvalue weighted by molar-refractivity contribution is 7.12. The van der Waals surface area contributed by atoms with Crippen LogP contribution in [-0.2, 0) is 20.7 Å². The van der Waals surface area contributed by atoms with E-state index in [2.05, 4.69) is 25.2 Å². The lowest BCUT2D eigenvalue weighted by molar-refractivity contribution is -0.142. The fourth-order valence-electron chi connectivity index (χ4n) is 2.13. The van der Waals surface area contributed by atoms with Crippen LogP contribution < -0.4 is 5.32 Å². The zero-order chi connectivity index (χ0) is 15.8. The summed E-state index contributed by atoms with van der Waals surface area (Å²) in [4.78, 5) is 25.4. The van der Waals surface area contributed by atoms with Crippen LogP contribution in [0.15, 0.2) is 6.07 Å². The third-order valence-electron chi connectivity index (χ3n) is 3.24. The van der Waals surface area contributed by atoms with Gasteiger partial charge in [0.1, 0.15) is 6.04 Å². The first-order valence-electron chi connectivity index (χ1n) is 7.01. The first kappa shape index (κ1) is 17.7. The largest absolute Gasteiger partial charge is 0.480 e. The van der Waals surface area contributed by atoms with Gasteiger partial charge in [0.25, 0.3) is 0 Å². The highest BCUT2D eigenvalue weighted by atomic mass is 32.1. The Morgan fingerprint density at radius 3 is 2.67 bits per heavy atom. The minimum Gasteiger partial charge on any atom is -0.480 e. The van der Waals surface area contributed by atoms with E-state index in [1.807, 2.05) is 0 Å². The van der Waals surface area contributed by atoms with Crippen molar-refractivity contribution in [2.45, 2.75) is 45.6 Å². The maximum atomic E-state index is 11.8. The van der Waals surface area contributed by atoms with Gasteiger partial charge in [-0.05, 0) is 38.3 Å². The number of aliphatic carboxylic acids is 1. The quantitative estimate of drug-likeness (QED) is 0.733. The van der Waals surface area contributed by atoms with Gasteiger partial charge < -0.3 is 15.2 Å². The second-order valence-corrected chi connectivity index (χ2v) is 6.49. The van der Waals surface area contributed by atoms with E-state index in [1.165, 1.54) is 22.4 Å². The molecule has 1 aromatic heterocycles. The normalized spacial score (nSPS) is 12.1. The molecule has 0 bridgehead atoms. The van der Waals surface area contributed by atoms with Gasteiger partial charge in [-0.2, -0.15) is 0 Å². The molecule has 0 saturated heterocycles. The number of amides is 1. The van der Waals surface area contributed by atoms with Crippen LogP contribution in [0.4, 0.5) is 0 Å². The molecule has 1 amide bonds. The van der Waals surface area contributed by atoms with Gasteiger partial charge in [0, 0.05) is 36.3 Å². The van der Waals surface area contributed by atoms with Gasteiger partial charge in [-0.15, -0.1) is 11.3 Å². The van der Waals surface area contributed by atoms with Crippen LogP contribution >= 0.6 is 11.3 Å². The number of hydrogen-bond acceptors (Lipinski definition) is 4. The summed E-state index contributed by atoms with van der Waals surface area (Å²) < 4.78 is 4.85. The molecule has 0 saturated carbocycles. The lowest BCUT2D eigenvalue weighted by atomic mass is 10.1. The number of thiophene rings is 1. The highest BCUT2D eigenvalue weighted by Crippen LogP contribution is 2.22. The Hall–Kier alpha value is -1.40. The molecule has 0 aliphatic rings. The molecule has 0 fully saturated rings. The number of carbonyl (C=O) groups is 2. The molecule has 5 nitrogen and oxygen atoms in total. The van der Waals surface area contributed by atoms with E-state index in [1.54, 1.807) is 11.3 Å². The Morgan fingerprint density at radius 2 is 2.14 bits per heavy atom. The molecule has 1 rings (SSSR count). The SMILES string of the molecule is COCCC(NC(=O)CCCc1cc(C)sc1C)C(=O)O. The Labute approximate surface area is 129 Å². The van der Waals surface area contributed by atoms with Crippen LogP contribution in [-0.4, -0.2) is 36.7 Å². The summed E-state index contributed by atoms with van der Waals surface area (Å²) in [6.45, 7) is 4.46. The Balaban J connectivity index is 2.35. The third-order valence-corrected chi connectivity index (χ3v) is 4.25. The second kappa shape index (κ2) is 8.79. The average molecular weight is 313 g/mol. The van der Waals surface area contributed by atoms with Crippen molar-refractivity contribution in [1.29, 1.82) is 0 Å². The van der Waals surface area contributed by atoms with E-state index in [0.29, 0.717) is 13.0 Å². The summed E-state index contributed by atoms with van der Waals surface area (Å²) in [5.41, 5.74) is 1.28. The molecule has 1 atom stereocenters. The molecule has 0 spiro atoms. The number of carboxylic acid groups (broad SMARTS) is 1. The topological polar surface area (TPSA) is 75.6 Å². The summed E-state index contributed by atoms with van der Waals surface area (Å²) in [5.74, 6) is -1.24. The van der Waals surface area contributed by atoms with Crippen molar-refractivity contribution in [2.24, 2.45) is 0 Å². The van der Waals surface area contributed by atoms with Crippen LogP contribution in [0.25, 0.3) is 0 Å². The van der Waals surface area contributed by atoms with Crippen molar-refractivity contribution in [3.8, 4) is 0 Å². The predicted octanol–water partition coefficient (Wildman–Crippen LogP) is 2.29. The predicted molar refractivity (Wildman–Crippen MR) is 82.8 cm³/mol. The molecule has 0 aliphatic heterocycles. The van der Waals surface area contributed by atoms with Gasteiger partial charge in [-0.1, -0.05) is 0 Å². The van der Waals surface area contributed by atoms with Crippen LogP contribution in [0, 0.1) is 13.8 Å². The smallest absolute Gasteiger partial charge is 0.326 e. The van der Waals surface area contributed by atoms with Gasteiger partial charge >= 0.3 is 5.97 Å². The average Bonchev–Trinajstić information content (AvgIpc) is 2.72. The minimum atomic E-state index is -1.02. The molecule has 1 aromatic rings. The van der Waals surface area contributed by atoms with Crippen LogP contribution in [0.3, 0.4) is 0 Å². The van der Waals surface area contributed by atoms with Crippen LogP contribution in [0.2, 0.25) is 0 Å². The number of nitrogens with one attached hydrogen (secondary N) is 1. The van der Waals surface area contributed by atoms with Gasteiger partial charge in [0.15, 0.2) is 0 Å². The molecule has 2 N–H and O–H groups in total. The maximum Gasteiger partial charge on any atom is 0.326 e. The van der Waals surface area contributed by atoms with E-state index < -0.39 is 12.0 Å². The fraction of sp³-hybridized carbons (Fsp3) is 0.600. The van der Waals surface area contributed by atoms with Crippen molar-refractivity contribution >= 4 is 23.2 Å². The number of rotatable bonds is 9. The zero-order valence-electron chi connectivity index (χ0n) is 12.8. The molecule has 6 heteroatoms. The van der Waals surface area contributed by atoms with E-state index in [9.17, 15) is 9.59 Å². The highest BCUT2D eigenvalue weighted by Gasteiger charge is 2.19. The molecule has 1 heterocycles. The van der Waals surface area contributed by atoms with Gasteiger partial charge in [0.2, 0.25) is 5.91 Å². The van der Waals surface area contributed by atoms with Crippen molar-refractivity contribution in [3.63, 3.8) is 0 Å². The lowest BCUT2D eigenvalue weighted by Crippen LogP contribution is -2.41. The van der Waals surface area contributed by atoms with Crippen molar-refractivity contribution in [2.75, 3.05) is 13.7 Å². The molecule has 118 valence electrons. The Morgan fingerprint density at radius 1 is 1.43 bits per heavy atom. The Bertz CT molecular complexity index is 484. The first-order valence-corrected chi connectivity index (χ1v) is 7.82. The molecule has 1 unspecified atom stereocenters. The molecule has 21 heavy (non-hydrogen) atoms. The van der Waals surface area contributed by atoms with E-state index in [4.69, 9.17) is 9.84 Å². The van der Waals surface area contributed by atoms with Crippen molar-refractivity contribution < 1.29 is 19.4 Å². The maximum absolute atomic E-state index is 11.8. The molecule has 0 radical (unpaired) electrons. The number of hydrogen-bond donors (Lipinski definition) is 2. The molecular formula is C15H23NO4S. The van der Waals surface area contributed by atoms with E-state index in [0.717, 1.165) is 12.8 Å². The number of ether oxygens (including phenoxy) is 1. The van der Waals surface area contributed by atoms with Gasteiger partial charge in [-0.25, -0.2) is 4.79 Å². The zero-order valence-corrected chi connectivity index (χ0v) is 13.6. The van der Waals surface area contributed by atoms with Crippen molar-refractivity contribution in [3.05, 3.63) is 21.4 Å². The molecule has 0 aromatic carbocycles. The summed E-state index contributed by atoms with van der Waals surface area (Å²) in [7, 11) is 1.51. The Kier molecular flexibility index (Phi) is 7.39. The van der Waals surface area contributed by atoms with Crippen LogP contribution in [0.1, 0.15) is 34.6 Å². The van der Waals surface area contributed by atoms with Gasteiger partial charge in [-0.3, -0.25) is 4.79 Å². The molecule has 0 aliphatic carbocycles. The fourth-order valence-corrected chi connectivity index (χ4v) is 3.11.